The molecule has 7 heteroatoms. The van der Waals surface area contributed by atoms with Gasteiger partial charge in [0.15, 0.2) is 0 Å². The number of ether oxygens (including phenoxy) is 1. The van der Waals surface area contributed by atoms with Crippen LogP contribution in [0.4, 0.5) is 0 Å². The first kappa shape index (κ1) is 18.2. The van der Waals surface area contributed by atoms with Crippen LogP contribution in [-0.4, -0.2) is 43.6 Å². The highest BCUT2D eigenvalue weighted by molar-refractivity contribution is 7.89. The fourth-order valence-electron chi connectivity index (χ4n) is 3.64. The van der Waals surface area contributed by atoms with Crippen LogP contribution in [0.15, 0.2) is 24.3 Å². The molecule has 1 saturated heterocycles. The van der Waals surface area contributed by atoms with Gasteiger partial charge < -0.3 is 10.1 Å². The van der Waals surface area contributed by atoms with Crippen molar-refractivity contribution in [1.29, 1.82) is 0 Å². The highest BCUT2D eigenvalue weighted by Crippen LogP contribution is 2.32. The number of rotatable bonds is 5. The quantitative estimate of drug-likeness (QED) is 0.867. The van der Waals surface area contributed by atoms with Crippen molar-refractivity contribution < 1.29 is 17.9 Å². The van der Waals surface area contributed by atoms with E-state index in [0.29, 0.717) is 32.4 Å². The molecule has 0 spiro atoms. The van der Waals surface area contributed by atoms with Crippen molar-refractivity contribution >= 4 is 15.9 Å². The number of carbonyl (C=O) groups is 1. The Balaban J connectivity index is 1.76. The van der Waals surface area contributed by atoms with E-state index in [4.69, 9.17) is 4.74 Å². The zero-order chi connectivity index (χ0) is 17.9. The molecule has 6 nitrogen and oxygen atoms in total. The summed E-state index contributed by atoms with van der Waals surface area (Å²) in [6.07, 6.45) is 3.52. The molecule has 1 aromatic carbocycles. The van der Waals surface area contributed by atoms with E-state index < -0.39 is 16.1 Å². The van der Waals surface area contributed by atoms with Crippen LogP contribution in [0.1, 0.15) is 50.6 Å². The summed E-state index contributed by atoms with van der Waals surface area (Å²) in [5.41, 5.74) is 0.959. The van der Waals surface area contributed by atoms with Gasteiger partial charge >= 0.3 is 0 Å². The molecule has 0 aliphatic carbocycles. The average molecular weight is 366 g/mol. The maximum Gasteiger partial charge on any atom is 0.238 e. The van der Waals surface area contributed by atoms with Gasteiger partial charge in [-0.1, -0.05) is 31.5 Å². The molecule has 2 heterocycles. The van der Waals surface area contributed by atoms with E-state index in [1.165, 1.54) is 4.31 Å². The summed E-state index contributed by atoms with van der Waals surface area (Å²) in [6.45, 7) is 2.82. The number of para-hydroxylation sites is 1. The van der Waals surface area contributed by atoms with Crippen molar-refractivity contribution in [2.75, 3.05) is 18.9 Å². The van der Waals surface area contributed by atoms with Gasteiger partial charge in [0.05, 0.1) is 18.4 Å². The molecule has 2 aliphatic heterocycles. The molecule has 0 bridgehead atoms. The minimum absolute atomic E-state index is 0.0941. The first-order chi connectivity index (χ1) is 12.0. The summed E-state index contributed by atoms with van der Waals surface area (Å²) < 4.78 is 32.1. The third-order valence-corrected chi connectivity index (χ3v) is 6.93. The molecule has 0 aromatic heterocycles. The van der Waals surface area contributed by atoms with E-state index in [1.54, 1.807) is 0 Å². The number of nitrogens with one attached hydrogen (secondary N) is 1. The Morgan fingerprint density at radius 1 is 1.28 bits per heavy atom. The van der Waals surface area contributed by atoms with Gasteiger partial charge in [0, 0.05) is 18.5 Å². The summed E-state index contributed by atoms with van der Waals surface area (Å²) in [7, 11) is -3.38. The van der Waals surface area contributed by atoms with E-state index in [-0.39, 0.29) is 17.7 Å². The van der Waals surface area contributed by atoms with E-state index in [9.17, 15) is 13.2 Å². The van der Waals surface area contributed by atoms with Crippen LogP contribution in [0.3, 0.4) is 0 Å². The Hall–Kier alpha value is -1.60. The summed E-state index contributed by atoms with van der Waals surface area (Å²) in [5.74, 6) is 0.691. The van der Waals surface area contributed by atoms with E-state index in [0.717, 1.165) is 24.2 Å². The number of piperidine rings is 1. The molecule has 0 saturated carbocycles. The van der Waals surface area contributed by atoms with Crippen molar-refractivity contribution in [3.05, 3.63) is 29.8 Å². The topological polar surface area (TPSA) is 75.7 Å². The van der Waals surface area contributed by atoms with Gasteiger partial charge in [-0.15, -0.1) is 0 Å². The molecule has 3 rings (SSSR count). The third-order valence-electron chi connectivity index (χ3n) is 4.85. The van der Waals surface area contributed by atoms with Crippen molar-refractivity contribution in [1.82, 2.24) is 9.62 Å². The lowest BCUT2D eigenvalue weighted by atomic mass is 9.99. The second-order valence-corrected chi connectivity index (χ2v) is 8.72. The lowest BCUT2D eigenvalue weighted by Gasteiger charge is -2.35. The van der Waals surface area contributed by atoms with Gasteiger partial charge in [-0.3, -0.25) is 4.79 Å². The van der Waals surface area contributed by atoms with Gasteiger partial charge in [-0.25, -0.2) is 8.42 Å². The van der Waals surface area contributed by atoms with Crippen LogP contribution in [0.5, 0.6) is 5.75 Å². The Morgan fingerprint density at radius 2 is 2.08 bits per heavy atom. The summed E-state index contributed by atoms with van der Waals surface area (Å²) >= 11 is 0. The van der Waals surface area contributed by atoms with Crippen molar-refractivity contribution in [2.24, 2.45) is 0 Å². The number of amides is 1. The van der Waals surface area contributed by atoms with Crippen molar-refractivity contribution in [2.45, 2.75) is 51.1 Å². The molecule has 1 amide bonds. The molecule has 1 aromatic rings. The maximum atomic E-state index is 12.9. The predicted octanol–water partition coefficient (Wildman–Crippen LogP) is 2.22. The first-order valence-corrected chi connectivity index (χ1v) is 10.7. The number of benzene rings is 1. The molecule has 2 atom stereocenters. The number of carbonyl (C=O) groups excluding carboxylic acids is 1. The monoisotopic (exact) mass is 366 g/mol. The molecule has 0 radical (unpaired) electrons. The zero-order valence-corrected chi connectivity index (χ0v) is 15.4. The van der Waals surface area contributed by atoms with Crippen LogP contribution in [-0.2, 0) is 14.8 Å². The molecule has 1 N–H and O–H groups in total. The van der Waals surface area contributed by atoms with Crippen molar-refractivity contribution in [3.8, 4) is 5.75 Å². The Labute approximate surface area is 149 Å². The standard InChI is InChI=1S/C18H26N2O4S/c1-2-13-25(22,23)20-11-6-5-8-16(20)18(21)19-15-10-12-24-17-9-4-3-7-14(15)17/h3-4,7,9,15-16H,2,5-6,8,10-13H2,1H3,(H,19,21)/t15-,16-/m1/s1. The summed E-state index contributed by atoms with van der Waals surface area (Å²) in [5, 5.41) is 3.06. The number of nitrogens with zero attached hydrogens (tertiary/aromatic N) is 1. The van der Waals surface area contributed by atoms with E-state index >= 15 is 0 Å². The SMILES string of the molecule is CCCS(=O)(=O)N1CCCC[C@@H]1C(=O)N[C@@H]1CCOc2ccccc21. The minimum Gasteiger partial charge on any atom is -0.493 e. The van der Waals surface area contributed by atoms with Crippen molar-refractivity contribution in [3.63, 3.8) is 0 Å². The highest BCUT2D eigenvalue weighted by atomic mass is 32.2. The largest absolute Gasteiger partial charge is 0.493 e. The van der Waals surface area contributed by atoms with Gasteiger partial charge in [0.2, 0.25) is 15.9 Å². The van der Waals surface area contributed by atoms with Crippen LogP contribution >= 0.6 is 0 Å². The van der Waals surface area contributed by atoms with E-state index in [1.807, 2.05) is 31.2 Å². The van der Waals surface area contributed by atoms with Crippen LogP contribution in [0, 0.1) is 0 Å². The van der Waals surface area contributed by atoms with Gasteiger partial charge in [-0.05, 0) is 25.3 Å². The lowest BCUT2D eigenvalue weighted by Crippen LogP contribution is -2.53. The average Bonchev–Trinajstić information content (AvgIpc) is 2.62. The Bertz CT molecular complexity index is 720. The Morgan fingerprint density at radius 3 is 2.88 bits per heavy atom. The third kappa shape index (κ3) is 3.98. The molecule has 1 fully saturated rings. The number of sulfonamides is 1. The zero-order valence-electron chi connectivity index (χ0n) is 14.6. The molecule has 2 aliphatic rings. The van der Waals surface area contributed by atoms with E-state index in [2.05, 4.69) is 5.32 Å². The van der Waals surface area contributed by atoms with Gasteiger partial charge in [0.25, 0.3) is 0 Å². The molecule has 0 unspecified atom stereocenters. The second kappa shape index (κ2) is 7.74. The summed E-state index contributed by atoms with van der Waals surface area (Å²) in [4.78, 5) is 12.9. The fourth-order valence-corrected chi connectivity index (χ4v) is 5.38. The lowest BCUT2D eigenvalue weighted by molar-refractivity contribution is -0.126. The molecular formula is C18H26N2O4S. The fraction of sp³-hybridized carbons (Fsp3) is 0.611. The molecular weight excluding hydrogens is 340 g/mol. The first-order valence-electron chi connectivity index (χ1n) is 9.04. The number of hydrogen-bond donors (Lipinski definition) is 1. The normalized spacial score (nSPS) is 24.2. The van der Waals surface area contributed by atoms with Crippen LogP contribution in [0.2, 0.25) is 0 Å². The maximum absolute atomic E-state index is 12.9. The highest BCUT2D eigenvalue weighted by Gasteiger charge is 2.37. The van der Waals surface area contributed by atoms with Crippen LogP contribution in [0.25, 0.3) is 0 Å². The van der Waals surface area contributed by atoms with Gasteiger partial charge in [0.1, 0.15) is 11.8 Å². The second-order valence-electron chi connectivity index (χ2n) is 6.67. The summed E-state index contributed by atoms with van der Waals surface area (Å²) in [6, 6.07) is 6.95. The smallest absolute Gasteiger partial charge is 0.238 e. The minimum atomic E-state index is -3.38. The number of hydrogen-bond acceptors (Lipinski definition) is 4. The number of fused-ring (bicyclic) bond motifs is 1. The molecule has 138 valence electrons. The Kier molecular flexibility index (Phi) is 5.64. The van der Waals surface area contributed by atoms with Crippen LogP contribution < -0.4 is 10.1 Å². The van der Waals surface area contributed by atoms with Gasteiger partial charge in [-0.2, -0.15) is 4.31 Å². The molecule has 25 heavy (non-hydrogen) atoms. The predicted molar refractivity (Wildman–Crippen MR) is 95.9 cm³/mol.